The fourth-order valence-corrected chi connectivity index (χ4v) is 5.36. The number of ether oxygens (including phenoxy) is 1. The molecule has 0 radical (unpaired) electrons. The van der Waals surface area contributed by atoms with Crippen LogP contribution in [0, 0.1) is 5.82 Å². The van der Waals surface area contributed by atoms with Crippen molar-refractivity contribution in [3.05, 3.63) is 74.7 Å². The molecule has 1 aromatic heterocycles. The minimum absolute atomic E-state index is 0.0964. The quantitative estimate of drug-likeness (QED) is 0.383. The third-order valence-electron chi connectivity index (χ3n) is 6.90. The Morgan fingerprint density at radius 1 is 1.09 bits per heavy atom. The number of aliphatic hydroxyl groups excluding tert-OH is 1. The molecule has 0 unspecified atom stereocenters. The highest BCUT2D eigenvalue weighted by molar-refractivity contribution is 6.39. The van der Waals surface area contributed by atoms with E-state index in [9.17, 15) is 14.6 Å². The number of rotatable bonds is 7. The fourth-order valence-electron chi connectivity index (χ4n) is 4.78. The predicted molar refractivity (Wildman–Crippen MR) is 127 cm³/mol. The summed E-state index contributed by atoms with van der Waals surface area (Å²) < 4.78 is 26.4. The molecule has 0 saturated heterocycles. The summed E-state index contributed by atoms with van der Waals surface area (Å²) in [5.41, 5.74) is 1.64. The first-order valence-corrected chi connectivity index (χ1v) is 12.3. The number of aliphatic hydroxyl groups is 2. The van der Waals surface area contributed by atoms with Crippen LogP contribution in [0.3, 0.4) is 0 Å². The summed E-state index contributed by atoms with van der Waals surface area (Å²) in [5, 5.41) is 25.8. The summed E-state index contributed by atoms with van der Waals surface area (Å²) in [6, 6.07) is 9.70. The van der Waals surface area contributed by atoms with Crippen LogP contribution in [-0.2, 0) is 23.6 Å². The smallest absolute Gasteiger partial charge is 0.145 e. The Bertz CT molecular complexity index is 1170. The lowest BCUT2D eigenvalue weighted by atomic mass is 9.78. The van der Waals surface area contributed by atoms with Gasteiger partial charge in [-0.15, -0.1) is 0 Å². The highest BCUT2D eigenvalue weighted by Gasteiger charge is 2.38. The van der Waals surface area contributed by atoms with Crippen molar-refractivity contribution in [1.29, 1.82) is 0 Å². The van der Waals surface area contributed by atoms with Gasteiger partial charge in [-0.05, 0) is 68.4 Å². The van der Waals surface area contributed by atoms with Crippen LogP contribution in [-0.4, -0.2) is 21.5 Å². The van der Waals surface area contributed by atoms with Gasteiger partial charge >= 0.3 is 0 Å². The lowest BCUT2D eigenvalue weighted by Crippen LogP contribution is -2.35. The number of aromatic nitrogens is 1. The summed E-state index contributed by atoms with van der Waals surface area (Å²) in [6.07, 6.45) is 3.88. The molecule has 0 spiro atoms. The molecule has 2 aliphatic rings. The molecule has 34 heavy (non-hydrogen) atoms. The Morgan fingerprint density at radius 3 is 2.44 bits per heavy atom. The van der Waals surface area contributed by atoms with E-state index in [2.05, 4.69) is 5.16 Å². The van der Waals surface area contributed by atoms with Gasteiger partial charge in [0, 0.05) is 22.6 Å². The molecule has 5 nitrogen and oxygen atoms in total. The molecule has 0 amide bonds. The summed E-state index contributed by atoms with van der Waals surface area (Å²) in [7, 11) is 0. The van der Waals surface area contributed by atoms with E-state index >= 15 is 0 Å². The van der Waals surface area contributed by atoms with E-state index in [1.54, 1.807) is 24.3 Å². The highest BCUT2D eigenvalue weighted by atomic mass is 35.5. The van der Waals surface area contributed by atoms with Gasteiger partial charge in [0.15, 0.2) is 0 Å². The first-order valence-electron chi connectivity index (χ1n) is 11.6. The average molecular weight is 506 g/mol. The number of hydrogen-bond donors (Lipinski definition) is 2. The average Bonchev–Trinajstić information content (AvgIpc) is 3.59. The molecule has 0 bridgehead atoms. The summed E-state index contributed by atoms with van der Waals surface area (Å²) in [6.45, 7) is 0.0958. The second-order valence-electron chi connectivity index (χ2n) is 9.26. The number of hydrogen-bond acceptors (Lipinski definition) is 5. The van der Waals surface area contributed by atoms with Crippen LogP contribution < -0.4 is 0 Å². The topological polar surface area (TPSA) is 75.7 Å². The fraction of sp³-hybridized carbons (Fsp3) is 0.423. The van der Waals surface area contributed by atoms with Gasteiger partial charge in [0.1, 0.15) is 17.3 Å². The molecular formula is C26H26Cl2FNO4. The number of benzene rings is 2. The third-order valence-corrected chi connectivity index (χ3v) is 7.53. The molecule has 2 aromatic carbocycles. The summed E-state index contributed by atoms with van der Waals surface area (Å²) in [4.78, 5) is 0. The second kappa shape index (κ2) is 9.59. The van der Waals surface area contributed by atoms with Crippen molar-refractivity contribution in [1.82, 2.24) is 5.16 Å². The third kappa shape index (κ3) is 4.62. The van der Waals surface area contributed by atoms with Crippen LogP contribution >= 0.6 is 23.2 Å². The molecule has 1 heterocycles. The minimum Gasteiger partial charge on any atom is -0.392 e. The Morgan fingerprint density at radius 2 is 1.79 bits per heavy atom. The summed E-state index contributed by atoms with van der Waals surface area (Å²) >= 11 is 12.9. The van der Waals surface area contributed by atoms with Gasteiger partial charge in [0.25, 0.3) is 0 Å². The Hall–Kier alpha value is -1.96. The van der Waals surface area contributed by atoms with Gasteiger partial charge in [-0.2, -0.15) is 0 Å². The maximum absolute atomic E-state index is 14.5. The lowest BCUT2D eigenvalue weighted by molar-refractivity contribution is -0.0657. The first-order chi connectivity index (χ1) is 16.4. The minimum atomic E-state index is -1.28. The Labute approximate surface area is 207 Å². The van der Waals surface area contributed by atoms with Crippen molar-refractivity contribution in [3.63, 3.8) is 0 Å². The van der Waals surface area contributed by atoms with E-state index in [0.29, 0.717) is 65.1 Å². The monoisotopic (exact) mass is 505 g/mol. The van der Waals surface area contributed by atoms with E-state index in [0.717, 1.165) is 24.2 Å². The maximum Gasteiger partial charge on any atom is 0.145 e. The van der Waals surface area contributed by atoms with Crippen molar-refractivity contribution in [3.8, 4) is 11.3 Å². The number of nitrogens with zero attached hydrogens (tertiary/aromatic N) is 1. The van der Waals surface area contributed by atoms with E-state index in [4.69, 9.17) is 32.5 Å². The molecule has 2 aliphatic carbocycles. The van der Waals surface area contributed by atoms with E-state index in [1.165, 1.54) is 12.1 Å². The van der Waals surface area contributed by atoms with Crippen molar-refractivity contribution in [2.75, 3.05) is 0 Å². The molecule has 3 aromatic rings. The van der Waals surface area contributed by atoms with Gasteiger partial charge in [-0.3, -0.25) is 0 Å². The van der Waals surface area contributed by atoms with Crippen LogP contribution in [0.15, 0.2) is 40.9 Å². The molecule has 2 fully saturated rings. The first kappa shape index (κ1) is 23.8. The largest absolute Gasteiger partial charge is 0.392 e. The molecule has 0 aliphatic heterocycles. The molecule has 0 atom stereocenters. The van der Waals surface area contributed by atoms with Crippen LogP contribution in [0.2, 0.25) is 10.0 Å². The normalized spacial score (nSPS) is 22.8. The van der Waals surface area contributed by atoms with Crippen molar-refractivity contribution in [2.24, 2.45) is 0 Å². The zero-order valence-corrected chi connectivity index (χ0v) is 20.1. The van der Waals surface area contributed by atoms with Gasteiger partial charge in [-0.25, -0.2) is 4.39 Å². The van der Waals surface area contributed by atoms with Crippen molar-refractivity contribution >= 4 is 23.2 Å². The van der Waals surface area contributed by atoms with Crippen LogP contribution in [0.5, 0.6) is 0 Å². The predicted octanol–water partition coefficient (Wildman–Crippen LogP) is 6.50. The van der Waals surface area contributed by atoms with Gasteiger partial charge in [-0.1, -0.05) is 40.5 Å². The lowest BCUT2D eigenvalue weighted by Gasteiger charge is -2.36. The Kier molecular flexibility index (Phi) is 6.70. The van der Waals surface area contributed by atoms with Crippen molar-refractivity contribution in [2.45, 2.75) is 69.4 Å². The summed E-state index contributed by atoms with van der Waals surface area (Å²) in [5.74, 6) is 0.694. The van der Waals surface area contributed by atoms with Crippen LogP contribution in [0.1, 0.15) is 66.9 Å². The van der Waals surface area contributed by atoms with Gasteiger partial charge < -0.3 is 19.5 Å². The number of halogens is 3. The molecule has 2 saturated carbocycles. The van der Waals surface area contributed by atoms with Gasteiger partial charge in [0.05, 0.1) is 35.0 Å². The van der Waals surface area contributed by atoms with Gasteiger partial charge in [0.2, 0.25) is 0 Å². The molecule has 8 heteroatoms. The Balaban J connectivity index is 1.31. The van der Waals surface area contributed by atoms with E-state index < -0.39 is 11.4 Å². The zero-order chi connectivity index (χ0) is 23.9. The van der Waals surface area contributed by atoms with Crippen molar-refractivity contribution < 1.29 is 23.9 Å². The van der Waals surface area contributed by atoms with E-state index in [1.807, 2.05) is 0 Å². The van der Waals surface area contributed by atoms with Crippen LogP contribution in [0.4, 0.5) is 4.39 Å². The standard InChI is InChI=1S/C26H26Cl2FNO4/c27-20-2-1-3-21(28)23(20)24-18(25(34-30-24)16-5-6-16)14-33-17-8-10-26(32,11-9-17)19-12-15(13-31)4-7-22(19)29/h1-4,7,12,16-17,31-32H,5-6,8-11,13-14H2/t17-,26+. The van der Waals surface area contributed by atoms with E-state index in [-0.39, 0.29) is 18.3 Å². The molecule has 2 N–H and O–H groups in total. The second-order valence-corrected chi connectivity index (χ2v) is 10.1. The maximum atomic E-state index is 14.5. The van der Waals surface area contributed by atoms with Crippen LogP contribution in [0.25, 0.3) is 11.3 Å². The molecular weight excluding hydrogens is 480 g/mol. The molecule has 5 rings (SSSR count). The highest BCUT2D eigenvalue weighted by Crippen LogP contribution is 2.46. The SMILES string of the molecule is OCc1ccc(F)c([C@]2(O)CC[C@@H](OCc3c(-c4c(Cl)cccc4Cl)noc3C3CC3)CC2)c1. The molecule has 180 valence electrons. The zero-order valence-electron chi connectivity index (χ0n) is 18.6.